The molecule has 164 valence electrons. The number of halogens is 2. The first-order chi connectivity index (χ1) is 14.8. The zero-order valence-electron chi connectivity index (χ0n) is 17.0. The zero-order valence-corrected chi connectivity index (χ0v) is 18.5. The maximum absolute atomic E-state index is 14.1. The number of piperazine rings is 1. The average Bonchev–Trinajstić information content (AvgIpc) is 2.77. The van der Waals surface area contributed by atoms with Gasteiger partial charge in [-0.25, -0.2) is 4.39 Å². The fourth-order valence-electron chi connectivity index (χ4n) is 3.04. The molecule has 1 aliphatic rings. The van der Waals surface area contributed by atoms with E-state index in [4.69, 9.17) is 16.3 Å². The van der Waals surface area contributed by atoms with Gasteiger partial charge in [0, 0.05) is 41.7 Å². The van der Waals surface area contributed by atoms with Crippen LogP contribution in [0.5, 0.6) is 5.75 Å². The highest BCUT2D eigenvalue weighted by Gasteiger charge is 2.24. The molecule has 0 N–H and O–H groups in total. The molecule has 0 aromatic heterocycles. The second kappa shape index (κ2) is 10.6. The van der Waals surface area contributed by atoms with Crippen LogP contribution in [0.4, 0.5) is 4.39 Å². The van der Waals surface area contributed by atoms with E-state index in [2.05, 4.69) is 0 Å². The molecule has 2 aromatic carbocycles. The van der Waals surface area contributed by atoms with Crippen molar-refractivity contribution >= 4 is 41.0 Å². The maximum atomic E-state index is 14.1. The third kappa shape index (κ3) is 6.45. The smallest absolute Gasteiger partial charge is 0.260 e. The van der Waals surface area contributed by atoms with Gasteiger partial charge < -0.3 is 14.5 Å². The van der Waals surface area contributed by atoms with Gasteiger partial charge >= 0.3 is 0 Å². The first kappa shape index (κ1) is 23.1. The summed E-state index contributed by atoms with van der Waals surface area (Å²) < 4.78 is 19.6. The van der Waals surface area contributed by atoms with Gasteiger partial charge in [0.05, 0.1) is 5.75 Å². The van der Waals surface area contributed by atoms with Gasteiger partial charge in [0.2, 0.25) is 5.91 Å². The van der Waals surface area contributed by atoms with Gasteiger partial charge in [0.25, 0.3) is 5.91 Å². The van der Waals surface area contributed by atoms with Crippen LogP contribution in [0.15, 0.2) is 47.4 Å². The zero-order chi connectivity index (χ0) is 22.4. The van der Waals surface area contributed by atoms with E-state index in [0.717, 1.165) is 11.8 Å². The fraction of sp³-hybridized carbons (Fsp3) is 0.318. The lowest BCUT2D eigenvalue weighted by atomic mass is 10.1. The number of amides is 2. The lowest BCUT2D eigenvalue weighted by Gasteiger charge is -2.34. The largest absolute Gasteiger partial charge is 0.484 e. The molecule has 0 radical (unpaired) electrons. The minimum Gasteiger partial charge on any atom is -0.484 e. The Bertz CT molecular complexity index is 962. The summed E-state index contributed by atoms with van der Waals surface area (Å²) in [5.74, 6) is -0.343. The minimum atomic E-state index is -0.512. The van der Waals surface area contributed by atoms with Crippen LogP contribution in [0.3, 0.4) is 0 Å². The van der Waals surface area contributed by atoms with Crippen molar-refractivity contribution in [2.24, 2.45) is 0 Å². The Morgan fingerprint density at radius 3 is 2.19 bits per heavy atom. The molecule has 6 nitrogen and oxygen atoms in total. The summed E-state index contributed by atoms with van der Waals surface area (Å²) in [6.45, 7) is 2.96. The third-order valence-corrected chi connectivity index (χ3v) is 6.14. The highest BCUT2D eigenvalue weighted by atomic mass is 35.5. The van der Waals surface area contributed by atoms with E-state index >= 15 is 0 Å². The summed E-state index contributed by atoms with van der Waals surface area (Å²) in [4.78, 5) is 39.8. The van der Waals surface area contributed by atoms with Crippen LogP contribution < -0.4 is 4.74 Å². The van der Waals surface area contributed by atoms with E-state index in [1.165, 1.54) is 19.1 Å². The Hall–Kier alpha value is -2.58. The van der Waals surface area contributed by atoms with Crippen LogP contribution in [0.2, 0.25) is 5.02 Å². The van der Waals surface area contributed by atoms with Crippen molar-refractivity contribution in [3.05, 3.63) is 58.9 Å². The number of benzene rings is 2. The third-order valence-electron chi connectivity index (χ3n) is 4.85. The van der Waals surface area contributed by atoms with Gasteiger partial charge in [-0.15, -0.1) is 11.8 Å². The standard InChI is InChI=1S/C22H22ClFN2O4S/c1-15(27)16-2-7-20(19(24)12-16)31-14-22(29)26-10-8-25(9-11-26)21(28)13-30-18-5-3-17(23)4-6-18/h2-7,12H,8-11,13-14H2,1H3. The Kier molecular flexibility index (Phi) is 7.92. The topological polar surface area (TPSA) is 66.9 Å². The van der Waals surface area contributed by atoms with E-state index < -0.39 is 5.82 Å². The van der Waals surface area contributed by atoms with Crippen molar-refractivity contribution in [2.75, 3.05) is 38.5 Å². The van der Waals surface area contributed by atoms with Crippen molar-refractivity contribution in [2.45, 2.75) is 11.8 Å². The number of Topliss-reactive ketones (excluding diaryl/α,β-unsaturated/α-hetero) is 1. The SMILES string of the molecule is CC(=O)c1ccc(SCC(=O)N2CCN(C(=O)COc3ccc(Cl)cc3)CC2)c(F)c1. The van der Waals surface area contributed by atoms with E-state index in [1.807, 2.05) is 0 Å². The predicted molar refractivity (Wildman–Crippen MR) is 117 cm³/mol. The molecule has 1 heterocycles. The number of ketones is 1. The molecule has 2 amide bonds. The van der Waals surface area contributed by atoms with Crippen LogP contribution in [0.25, 0.3) is 0 Å². The number of carbonyl (C=O) groups is 3. The number of thioether (sulfide) groups is 1. The van der Waals surface area contributed by atoms with Crippen LogP contribution in [0, 0.1) is 5.82 Å². The molecule has 0 bridgehead atoms. The Labute approximate surface area is 189 Å². The number of carbonyl (C=O) groups excluding carboxylic acids is 3. The molecule has 2 aromatic rings. The summed E-state index contributed by atoms with van der Waals surface area (Å²) in [6, 6.07) is 11.0. The van der Waals surface area contributed by atoms with Gasteiger partial charge in [-0.3, -0.25) is 14.4 Å². The quantitative estimate of drug-likeness (QED) is 0.463. The monoisotopic (exact) mass is 464 g/mol. The fourth-order valence-corrected chi connectivity index (χ4v) is 3.99. The molecule has 1 fully saturated rings. The molecule has 3 rings (SSSR count). The van der Waals surface area contributed by atoms with Crippen LogP contribution >= 0.6 is 23.4 Å². The first-order valence-corrected chi connectivity index (χ1v) is 11.1. The molecule has 0 saturated carbocycles. The van der Waals surface area contributed by atoms with Gasteiger partial charge in [-0.2, -0.15) is 0 Å². The van der Waals surface area contributed by atoms with Crippen molar-refractivity contribution in [3.63, 3.8) is 0 Å². The van der Waals surface area contributed by atoms with Crippen LogP contribution in [0.1, 0.15) is 17.3 Å². The van der Waals surface area contributed by atoms with Crippen molar-refractivity contribution < 1.29 is 23.5 Å². The Balaban J connectivity index is 1.42. The van der Waals surface area contributed by atoms with Crippen molar-refractivity contribution in [1.82, 2.24) is 9.80 Å². The number of hydrogen-bond donors (Lipinski definition) is 0. The van der Waals surface area contributed by atoms with Crippen LogP contribution in [-0.4, -0.2) is 65.9 Å². The molecule has 9 heteroatoms. The second-order valence-corrected chi connectivity index (χ2v) is 8.45. The molecule has 31 heavy (non-hydrogen) atoms. The first-order valence-electron chi connectivity index (χ1n) is 9.70. The second-order valence-electron chi connectivity index (χ2n) is 6.99. The van der Waals surface area contributed by atoms with Gasteiger partial charge in [-0.1, -0.05) is 17.7 Å². The molecule has 0 aliphatic carbocycles. The molecule has 1 aliphatic heterocycles. The molecular weight excluding hydrogens is 443 g/mol. The number of hydrogen-bond acceptors (Lipinski definition) is 5. The van der Waals surface area contributed by atoms with Gasteiger partial charge in [0.1, 0.15) is 11.6 Å². The van der Waals surface area contributed by atoms with E-state index in [1.54, 1.807) is 40.1 Å². The van der Waals surface area contributed by atoms with E-state index in [0.29, 0.717) is 47.4 Å². The number of rotatable bonds is 7. The molecular formula is C22H22ClFN2O4S. The van der Waals surface area contributed by atoms with Crippen molar-refractivity contribution in [1.29, 1.82) is 0 Å². The normalized spacial score (nSPS) is 13.8. The van der Waals surface area contributed by atoms with Gasteiger partial charge in [0.15, 0.2) is 12.4 Å². The molecule has 0 atom stereocenters. The summed E-state index contributed by atoms with van der Waals surface area (Å²) >= 11 is 6.92. The minimum absolute atomic E-state index is 0.0824. The lowest BCUT2D eigenvalue weighted by Crippen LogP contribution is -2.52. The molecule has 1 saturated heterocycles. The highest BCUT2D eigenvalue weighted by molar-refractivity contribution is 8.00. The number of nitrogens with zero attached hydrogens (tertiary/aromatic N) is 2. The van der Waals surface area contributed by atoms with E-state index in [-0.39, 0.29) is 30.0 Å². The van der Waals surface area contributed by atoms with E-state index in [9.17, 15) is 18.8 Å². The summed E-state index contributed by atoms with van der Waals surface area (Å²) in [5.41, 5.74) is 0.300. The molecule has 0 spiro atoms. The summed E-state index contributed by atoms with van der Waals surface area (Å²) in [5, 5.41) is 0.591. The number of ether oxygens (including phenoxy) is 1. The average molecular weight is 465 g/mol. The predicted octanol–water partition coefficient (Wildman–Crippen LogP) is 3.52. The lowest BCUT2D eigenvalue weighted by molar-refractivity contribution is -0.139. The maximum Gasteiger partial charge on any atom is 0.260 e. The Morgan fingerprint density at radius 2 is 1.61 bits per heavy atom. The van der Waals surface area contributed by atoms with Crippen molar-refractivity contribution in [3.8, 4) is 5.75 Å². The highest BCUT2D eigenvalue weighted by Crippen LogP contribution is 2.23. The summed E-state index contributed by atoms with van der Waals surface area (Å²) in [6.07, 6.45) is 0. The van der Waals surface area contributed by atoms with Crippen LogP contribution in [-0.2, 0) is 9.59 Å². The molecule has 0 unspecified atom stereocenters. The Morgan fingerprint density at radius 1 is 1.00 bits per heavy atom. The summed E-state index contributed by atoms with van der Waals surface area (Å²) in [7, 11) is 0. The van der Waals surface area contributed by atoms with Gasteiger partial charge in [-0.05, 0) is 43.3 Å².